The van der Waals surface area contributed by atoms with E-state index in [4.69, 9.17) is 23.7 Å². The van der Waals surface area contributed by atoms with Gasteiger partial charge in [-0.15, -0.1) is 0 Å². The van der Waals surface area contributed by atoms with Crippen molar-refractivity contribution < 1.29 is 38.1 Å². The predicted octanol–water partition coefficient (Wildman–Crippen LogP) is 3.50. The van der Waals surface area contributed by atoms with Crippen LogP contribution in [0.3, 0.4) is 0 Å². The highest BCUT2D eigenvalue weighted by molar-refractivity contribution is 9.10. The standard InChI is InChI=1S/C20H35BrO8S2/c1-19(2,13-15(16(22)26-5)14-20(3,21)18(24)27-6)17(23)29-10-12-31-30-11-9-28-8-7-25-4/h15H,7-14H2,1-6H3. The number of esters is 3. The van der Waals surface area contributed by atoms with Crippen LogP contribution in [0.1, 0.15) is 33.6 Å². The van der Waals surface area contributed by atoms with E-state index in [2.05, 4.69) is 15.9 Å². The fraction of sp³-hybridized carbons (Fsp3) is 0.850. The molecular formula is C20H35BrO8S2. The molecule has 11 heteroatoms. The van der Waals surface area contributed by atoms with E-state index in [9.17, 15) is 14.4 Å². The summed E-state index contributed by atoms with van der Waals surface area (Å²) >= 11 is 3.32. The van der Waals surface area contributed by atoms with Gasteiger partial charge in [0.25, 0.3) is 0 Å². The second-order valence-electron chi connectivity index (χ2n) is 7.59. The predicted molar refractivity (Wildman–Crippen MR) is 126 cm³/mol. The van der Waals surface area contributed by atoms with Gasteiger partial charge in [0, 0.05) is 18.6 Å². The highest BCUT2D eigenvalue weighted by Crippen LogP contribution is 2.36. The fourth-order valence-corrected chi connectivity index (χ4v) is 4.92. The molecule has 2 unspecified atom stereocenters. The van der Waals surface area contributed by atoms with Gasteiger partial charge >= 0.3 is 17.9 Å². The monoisotopic (exact) mass is 546 g/mol. The van der Waals surface area contributed by atoms with Crippen LogP contribution in [0.25, 0.3) is 0 Å². The molecule has 0 saturated heterocycles. The number of hydrogen-bond donors (Lipinski definition) is 0. The van der Waals surface area contributed by atoms with Gasteiger partial charge in [-0.2, -0.15) is 0 Å². The Kier molecular flexibility index (Phi) is 15.9. The molecule has 0 spiro atoms. The molecule has 0 aliphatic heterocycles. The van der Waals surface area contributed by atoms with Gasteiger partial charge in [0.2, 0.25) is 0 Å². The molecule has 0 aliphatic carbocycles. The summed E-state index contributed by atoms with van der Waals surface area (Å²) in [6.07, 6.45) is 0.305. The summed E-state index contributed by atoms with van der Waals surface area (Å²) in [5, 5.41) is 0. The maximum absolute atomic E-state index is 12.6. The zero-order chi connectivity index (χ0) is 23.9. The first-order valence-corrected chi connectivity index (χ1v) is 13.1. The molecule has 31 heavy (non-hydrogen) atoms. The molecule has 0 rings (SSSR count). The van der Waals surface area contributed by atoms with Gasteiger partial charge in [0.05, 0.1) is 45.4 Å². The van der Waals surface area contributed by atoms with Gasteiger partial charge in [-0.1, -0.05) is 37.5 Å². The molecule has 0 heterocycles. The largest absolute Gasteiger partial charge is 0.469 e. The zero-order valence-corrected chi connectivity index (χ0v) is 22.4. The molecule has 8 nitrogen and oxygen atoms in total. The van der Waals surface area contributed by atoms with Crippen molar-refractivity contribution in [1.82, 2.24) is 0 Å². The Morgan fingerprint density at radius 3 is 2.00 bits per heavy atom. The molecule has 0 fully saturated rings. The molecule has 2 atom stereocenters. The Bertz CT molecular complexity index is 557. The van der Waals surface area contributed by atoms with Crippen LogP contribution in [0.4, 0.5) is 0 Å². The molecule has 0 N–H and O–H groups in total. The SMILES string of the molecule is COCCOCCSSCCOC(=O)C(C)(C)CC(CC(C)(Br)C(=O)OC)C(=O)OC. The Morgan fingerprint density at radius 2 is 1.45 bits per heavy atom. The van der Waals surface area contributed by atoms with Crippen LogP contribution in [-0.4, -0.2) is 81.5 Å². The van der Waals surface area contributed by atoms with Crippen molar-refractivity contribution >= 4 is 55.4 Å². The number of rotatable bonds is 17. The molecule has 0 amide bonds. The molecule has 0 radical (unpaired) electrons. The second-order valence-corrected chi connectivity index (χ2v) is 12.0. The third-order valence-corrected chi connectivity index (χ3v) is 7.29. The van der Waals surface area contributed by atoms with Gasteiger partial charge in [-0.3, -0.25) is 14.4 Å². The van der Waals surface area contributed by atoms with E-state index >= 15 is 0 Å². The normalized spacial score (nSPS) is 14.4. The molecule has 0 aromatic carbocycles. The van der Waals surface area contributed by atoms with Crippen LogP contribution in [-0.2, 0) is 38.1 Å². The van der Waals surface area contributed by atoms with Gasteiger partial charge < -0.3 is 23.7 Å². The Morgan fingerprint density at radius 1 is 0.839 bits per heavy atom. The maximum Gasteiger partial charge on any atom is 0.322 e. The molecule has 0 aromatic heterocycles. The number of carbonyl (C=O) groups is 3. The lowest BCUT2D eigenvalue weighted by Crippen LogP contribution is -2.38. The van der Waals surface area contributed by atoms with E-state index < -0.39 is 33.6 Å². The van der Waals surface area contributed by atoms with Crippen LogP contribution in [0.15, 0.2) is 0 Å². The van der Waals surface area contributed by atoms with Gasteiger partial charge in [-0.25, -0.2) is 0 Å². The van der Waals surface area contributed by atoms with Gasteiger partial charge in [0.15, 0.2) is 0 Å². The summed E-state index contributed by atoms with van der Waals surface area (Å²) in [6, 6.07) is 0. The summed E-state index contributed by atoms with van der Waals surface area (Å²) in [5.74, 6) is -0.591. The average molecular weight is 548 g/mol. The van der Waals surface area contributed by atoms with Gasteiger partial charge in [0.1, 0.15) is 10.9 Å². The minimum Gasteiger partial charge on any atom is -0.469 e. The highest BCUT2D eigenvalue weighted by Gasteiger charge is 2.41. The van der Waals surface area contributed by atoms with E-state index in [1.165, 1.54) is 14.2 Å². The zero-order valence-electron chi connectivity index (χ0n) is 19.2. The minimum absolute atomic E-state index is 0.127. The van der Waals surface area contributed by atoms with Crippen molar-refractivity contribution in [2.24, 2.45) is 11.3 Å². The van der Waals surface area contributed by atoms with E-state index in [0.29, 0.717) is 25.6 Å². The van der Waals surface area contributed by atoms with Crippen LogP contribution < -0.4 is 0 Å². The number of hydrogen-bond acceptors (Lipinski definition) is 10. The first-order chi connectivity index (χ1) is 14.5. The maximum atomic E-state index is 12.6. The van der Waals surface area contributed by atoms with E-state index in [0.717, 1.165) is 5.75 Å². The Balaban J connectivity index is 4.49. The first-order valence-electron chi connectivity index (χ1n) is 9.85. The third kappa shape index (κ3) is 13.0. The number of methoxy groups -OCH3 is 3. The Labute approximate surface area is 201 Å². The van der Waals surface area contributed by atoms with Crippen molar-refractivity contribution in [3.63, 3.8) is 0 Å². The van der Waals surface area contributed by atoms with Crippen molar-refractivity contribution in [2.75, 3.05) is 59.3 Å². The summed E-state index contributed by atoms with van der Waals surface area (Å²) in [7, 11) is 7.44. The number of ether oxygens (including phenoxy) is 5. The summed E-state index contributed by atoms with van der Waals surface area (Å²) in [5.41, 5.74) is -0.926. The fourth-order valence-electron chi connectivity index (χ4n) is 2.68. The first kappa shape index (κ1) is 30.5. The lowest BCUT2D eigenvalue weighted by molar-refractivity contribution is -0.157. The average Bonchev–Trinajstić information content (AvgIpc) is 2.72. The van der Waals surface area contributed by atoms with Crippen LogP contribution in [0, 0.1) is 11.3 Å². The van der Waals surface area contributed by atoms with Crippen molar-refractivity contribution in [3.8, 4) is 0 Å². The van der Waals surface area contributed by atoms with Crippen molar-refractivity contribution in [2.45, 2.75) is 37.9 Å². The van der Waals surface area contributed by atoms with E-state index in [1.807, 2.05) is 0 Å². The third-order valence-electron chi connectivity index (χ3n) is 4.31. The summed E-state index contributed by atoms with van der Waals surface area (Å²) < 4.78 is 24.3. The summed E-state index contributed by atoms with van der Waals surface area (Å²) in [4.78, 5) is 36.8. The number of carbonyl (C=O) groups excluding carboxylic acids is 3. The highest BCUT2D eigenvalue weighted by atomic mass is 79.9. The van der Waals surface area contributed by atoms with Crippen LogP contribution in [0.5, 0.6) is 0 Å². The lowest BCUT2D eigenvalue weighted by Gasteiger charge is -2.30. The number of halogens is 1. The molecule has 0 saturated carbocycles. The summed E-state index contributed by atoms with van der Waals surface area (Å²) in [6.45, 7) is 7.12. The quantitative estimate of drug-likeness (QED) is 0.0885. The number of alkyl halides is 1. The second kappa shape index (κ2) is 16.2. The molecular weight excluding hydrogens is 512 g/mol. The lowest BCUT2D eigenvalue weighted by atomic mass is 9.79. The smallest absolute Gasteiger partial charge is 0.322 e. The van der Waals surface area contributed by atoms with E-state index in [1.54, 1.807) is 49.5 Å². The van der Waals surface area contributed by atoms with Crippen molar-refractivity contribution in [3.05, 3.63) is 0 Å². The van der Waals surface area contributed by atoms with E-state index in [-0.39, 0.29) is 19.4 Å². The molecule has 0 bridgehead atoms. The van der Waals surface area contributed by atoms with Crippen LogP contribution in [0.2, 0.25) is 0 Å². The Hall–Kier alpha value is -0.490. The topological polar surface area (TPSA) is 97.4 Å². The molecule has 182 valence electrons. The molecule has 0 aromatic rings. The molecule has 0 aliphatic rings. The minimum atomic E-state index is -1.07. The van der Waals surface area contributed by atoms with Crippen LogP contribution >= 0.6 is 37.5 Å². The van der Waals surface area contributed by atoms with Crippen molar-refractivity contribution in [1.29, 1.82) is 0 Å². The van der Waals surface area contributed by atoms with Gasteiger partial charge in [-0.05, 0) is 33.6 Å².